The lowest BCUT2D eigenvalue weighted by atomic mass is 10.1. The van der Waals surface area contributed by atoms with Gasteiger partial charge in [-0.15, -0.1) is 11.3 Å². The predicted molar refractivity (Wildman–Crippen MR) is 92.6 cm³/mol. The molecule has 3 heterocycles. The van der Waals surface area contributed by atoms with E-state index in [1.54, 1.807) is 18.4 Å². The minimum Gasteiger partial charge on any atom is -0.481 e. The Morgan fingerprint density at radius 2 is 2.04 bits per heavy atom. The standard InChI is InChI=1S/C16H21N5O2S/c1-11-9-24-15(19-11)12(2)16(22)21-6-4-20(5-7-21)13-8-14(23-3)18-10-17-13/h8-10,12H,4-7H2,1-3H3. The van der Waals surface area contributed by atoms with Crippen molar-refractivity contribution in [3.05, 3.63) is 28.5 Å². The van der Waals surface area contributed by atoms with Crippen molar-refractivity contribution in [2.45, 2.75) is 19.8 Å². The molecule has 1 amide bonds. The van der Waals surface area contributed by atoms with Crippen LogP contribution < -0.4 is 9.64 Å². The van der Waals surface area contributed by atoms with E-state index in [4.69, 9.17) is 4.74 Å². The molecule has 1 saturated heterocycles. The smallest absolute Gasteiger partial charge is 0.232 e. The van der Waals surface area contributed by atoms with Gasteiger partial charge in [0.2, 0.25) is 11.8 Å². The van der Waals surface area contributed by atoms with Crippen molar-refractivity contribution in [3.8, 4) is 5.88 Å². The van der Waals surface area contributed by atoms with E-state index >= 15 is 0 Å². The van der Waals surface area contributed by atoms with E-state index in [2.05, 4.69) is 19.9 Å². The fraction of sp³-hybridized carbons (Fsp3) is 0.500. The topological polar surface area (TPSA) is 71.5 Å². The van der Waals surface area contributed by atoms with E-state index in [1.165, 1.54) is 6.33 Å². The predicted octanol–water partition coefficient (Wildman–Crippen LogP) is 1.70. The van der Waals surface area contributed by atoms with Crippen LogP contribution in [0.5, 0.6) is 5.88 Å². The molecule has 1 fully saturated rings. The lowest BCUT2D eigenvalue weighted by Gasteiger charge is -2.36. The third-order valence-electron chi connectivity index (χ3n) is 4.13. The molecule has 8 heteroatoms. The third-order valence-corrected chi connectivity index (χ3v) is 5.27. The van der Waals surface area contributed by atoms with E-state index < -0.39 is 0 Å². The Morgan fingerprint density at radius 3 is 2.67 bits per heavy atom. The Hall–Kier alpha value is -2.22. The summed E-state index contributed by atoms with van der Waals surface area (Å²) in [6, 6.07) is 1.82. The van der Waals surface area contributed by atoms with Gasteiger partial charge in [0.25, 0.3) is 0 Å². The number of amides is 1. The van der Waals surface area contributed by atoms with Crippen LogP contribution in [0.3, 0.4) is 0 Å². The first-order valence-corrected chi connectivity index (χ1v) is 8.78. The Labute approximate surface area is 145 Å². The molecular formula is C16H21N5O2S. The maximum Gasteiger partial charge on any atom is 0.232 e. The first-order valence-electron chi connectivity index (χ1n) is 7.90. The number of rotatable bonds is 4. The van der Waals surface area contributed by atoms with Gasteiger partial charge in [0.05, 0.1) is 13.0 Å². The van der Waals surface area contributed by atoms with Crippen LogP contribution in [0.4, 0.5) is 5.82 Å². The molecule has 128 valence electrons. The first kappa shape index (κ1) is 16.6. The number of ether oxygens (including phenoxy) is 1. The van der Waals surface area contributed by atoms with E-state index in [9.17, 15) is 4.79 Å². The second kappa shape index (κ2) is 7.12. The monoisotopic (exact) mass is 347 g/mol. The molecule has 1 unspecified atom stereocenters. The van der Waals surface area contributed by atoms with Crippen molar-refractivity contribution in [2.24, 2.45) is 0 Å². The van der Waals surface area contributed by atoms with Crippen LogP contribution in [-0.4, -0.2) is 59.0 Å². The van der Waals surface area contributed by atoms with Crippen molar-refractivity contribution in [1.82, 2.24) is 19.9 Å². The summed E-state index contributed by atoms with van der Waals surface area (Å²) in [6.45, 7) is 6.74. The van der Waals surface area contributed by atoms with Crippen LogP contribution in [0.1, 0.15) is 23.5 Å². The summed E-state index contributed by atoms with van der Waals surface area (Å²) in [4.78, 5) is 29.5. The highest BCUT2D eigenvalue weighted by molar-refractivity contribution is 7.09. The Balaban J connectivity index is 1.61. The number of hydrogen-bond acceptors (Lipinski definition) is 7. The van der Waals surface area contributed by atoms with E-state index in [1.807, 2.05) is 30.2 Å². The average Bonchev–Trinajstić information content (AvgIpc) is 3.07. The number of carbonyl (C=O) groups is 1. The molecule has 7 nitrogen and oxygen atoms in total. The van der Waals surface area contributed by atoms with Crippen LogP contribution in [0, 0.1) is 6.92 Å². The number of methoxy groups -OCH3 is 1. The van der Waals surface area contributed by atoms with Crippen molar-refractivity contribution in [3.63, 3.8) is 0 Å². The molecule has 0 aliphatic carbocycles. The Morgan fingerprint density at radius 1 is 1.29 bits per heavy atom. The molecule has 2 aromatic heterocycles. The van der Waals surface area contributed by atoms with Gasteiger partial charge in [0.15, 0.2) is 0 Å². The van der Waals surface area contributed by atoms with Crippen LogP contribution in [0.2, 0.25) is 0 Å². The van der Waals surface area contributed by atoms with Crippen LogP contribution in [-0.2, 0) is 4.79 Å². The van der Waals surface area contributed by atoms with Crippen LogP contribution >= 0.6 is 11.3 Å². The number of piperazine rings is 1. The molecule has 1 aliphatic rings. The second-order valence-electron chi connectivity index (χ2n) is 5.78. The molecule has 3 rings (SSSR count). The summed E-state index contributed by atoms with van der Waals surface area (Å²) in [7, 11) is 1.59. The molecule has 0 bridgehead atoms. The average molecular weight is 347 g/mol. The molecule has 1 atom stereocenters. The maximum atomic E-state index is 12.7. The number of thiazole rings is 1. The summed E-state index contributed by atoms with van der Waals surface area (Å²) in [6.07, 6.45) is 1.50. The van der Waals surface area contributed by atoms with Gasteiger partial charge in [0.1, 0.15) is 17.2 Å². The highest BCUT2D eigenvalue weighted by Crippen LogP contribution is 2.23. The SMILES string of the molecule is COc1cc(N2CCN(C(=O)C(C)c3nc(C)cs3)CC2)ncn1. The summed E-state index contributed by atoms with van der Waals surface area (Å²) in [5, 5.41) is 2.87. The third kappa shape index (κ3) is 3.48. The van der Waals surface area contributed by atoms with E-state index in [-0.39, 0.29) is 11.8 Å². The van der Waals surface area contributed by atoms with Gasteiger partial charge in [0, 0.05) is 43.3 Å². The van der Waals surface area contributed by atoms with Gasteiger partial charge in [-0.25, -0.2) is 15.0 Å². The van der Waals surface area contributed by atoms with E-state index in [0.717, 1.165) is 29.6 Å². The Bertz CT molecular complexity index is 712. The highest BCUT2D eigenvalue weighted by Gasteiger charge is 2.27. The van der Waals surface area contributed by atoms with Crippen molar-refractivity contribution >= 4 is 23.1 Å². The molecule has 2 aromatic rings. The molecule has 24 heavy (non-hydrogen) atoms. The molecule has 1 aliphatic heterocycles. The minimum atomic E-state index is -0.186. The fourth-order valence-electron chi connectivity index (χ4n) is 2.72. The zero-order chi connectivity index (χ0) is 17.1. The quantitative estimate of drug-likeness (QED) is 0.838. The van der Waals surface area contributed by atoms with Gasteiger partial charge in [-0.1, -0.05) is 0 Å². The van der Waals surface area contributed by atoms with E-state index in [0.29, 0.717) is 19.0 Å². The molecular weight excluding hydrogens is 326 g/mol. The zero-order valence-electron chi connectivity index (χ0n) is 14.1. The van der Waals surface area contributed by atoms with Crippen molar-refractivity contribution < 1.29 is 9.53 Å². The summed E-state index contributed by atoms with van der Waals surface area (Å²) >= 11 is 1.55. The zero-order valence-corrected chi connectivity index (χ0v) is 14.9. The Kier molecular flexibility index (Phi) is 4.94. The second-order valence-corrected chi connectivity index (χ2v) is 6.67. The number of hydrogen-bond donors (Lipinski definition) is 0. The number of aryl methyl sites for hydroxylation is 1. The van der Waals surface area contributed by atoms with Gasteiger partial charge in [-0.2, -0.15) is 0 Å². The molecule has 0 saturated carbocycles. The summed E-state index contributed by atoms with van der Waals surface area (Å²) in [5.74, 6) is 1.34. The van der Waals surface area contributed by atoms with Gasteiger partial charge < -0.3 is 14.5 Å². The van der Waals surface area contributed by atoms with Crippen LogP contribution in [0.15, 0.2) is 17.8 Å². The van der Waals surface area contributed by atoms with Gasteiger partial charge >= 0.3 is 0 Å². The lowest BCUT2D eigenvalue weighted by Crippen LogP contribution is -2.50. The number of carbonyl (C=O) groups excluding carboxylic acids is 1. The molecule has 0 N–H and O–H groups in total. The maximum absolute atomic E-state index is 12.7. The normalized spacial score (nSPS) is 16.1. The van der Waals surface area contributed by atoms with Crippen LogP contribution in [0.25, 0.3) is 0 Å². The number of nitrogens with zero attached hydrogens (tertiary/aromatic N) is 5. The summed E-state index contributed by atoms with van der Waals surface area (Å²) < 4.78 is 5.14. The summed E-state index contributed by atoms with van der Waals surface area (Å²) in [5.41, 5.74) is 0.970. The van der Waals surface area contributed by atoms with Crippen molar-refractivity contribution in [2.75, 3.05) is 38.2 Å². The fourth-order valence-corrected chi connectivity index (χ4v) is 3.57. The van der Waals surface area contributed by atoms with Crippen molar-refractivity contribution in [1.29, 1.82) is 0 Å². The minimum absolute atomic E-state index is 0.143. The first-order chi connectivity index (χ1) is 11.6. The van der Waals surface area contributed by atoms with Gasteiger partial charge in [-0.3, -0.25) is 4.79 Å². The largest absolute Gasteiger partial charge is 0.481 e. The highest BCUT2D eigenvalue weighted by atomic mass is 32.1. The van der Waals surface area contributed by atoms with Gasteiger partial charge in [-0.05, 0) is 13.8 Å². The number of anilines is 1. The number of aromatic nitrogens is 3. The molecule has 0 aromatic carbocycles. The lowest BCUT2D eigenvalue weighted by molar-refractivity contribution is -0.132. The molecule has 0 radical (unpaired) electrons. The molecule has 0 spiro atoms.